The summed E-state index contributed by atoms with van der Waals surface area (Å²) in [5, 5.41) is 0. The van der Waals surface area contributed by atoms with Gasteiger partial charge in [0.05, 0.1) is 18.6 Å². The maximum absolute atomic E-state index is 13.2. The Balaban J connectivity index is 1.36. The molecule has 0 spiro atoms. The summed E-state index contributed by atoms with van der Waals surface area (Å²) in [6.07, 6.45) is 2.88. The van der Waals surface area contributed by atoms with Gasteiger partial charge in [-0.3, -0.25) is 14.5 Å². The standard InChI is InChI=1S/C21H26FN3O4/c1-29-13-12-24-18(26)14-25(20(24)28)17-6-10-23(11-7-17)19(27)21(8-9-21)15-2-4-16(22)5-3-15/h2-5,17H,6-14H2,1H3. The van der Waals surface area contributed by atoms with Gasteiger partial charge in [0.15, 0.2) is 0 Å². The molecule has 2 heterocycles. The topological polar surface area (TPSA) is 70.2 Å². The molecule has 0 N–H and O–H groups in total. The van der Waals surface area contributed by atoms with Crippen LogP contribution in [0.3, 0.4) is 0 Å². The van der Waals surface area contributed by atoms with Crippen LogP contribution in [0.15, 0.2) is 24.3 Å². The summed E-state index contributed by atoms with van der Waals surface area (Å²) in [5.41, 5.74) is 0.358. The Hall–Kier alpha value is -2.48. The third-order valence-electron chi connectivity index (χ3n) is 6.35. The summed E-state index contributed by atoms with van der Waals surface area (Å²) in [6, 6.07) is 5.91. The van der Waals surface area contributed by atoms with Crippen LogP contribution in [0.4, 0.5) is 9.18 Å². The molecule has 3 fully saturated rings. The lowest BCUT2D eigenvalue weighted by atomic mass is 9.92. The van der Waals surface area contributed by atoms with Crippen molar-refractivity contribution in [1.82, 2.24) is 14.7 Å². The second-order valence-corrected chi connectivity index (χ2v) is 8.06. The number of carbonyl (C=O) groups excluding carboxylic acids is 3. The van der Waals surface area contributed by atoms with E-state index in [1.54, 1.807) is 17.0 Å². The fourth-order valence-corrected chi connectivity index (χ4v) is 4.45. The van der Waals surface area contributed by atoms with Crippen molar-refractivity contribution in [2.75, 3.05) is 39.9 Å². The summed E-state index contributed by atoms with van der Waals surface area (Å²) in [7, 11) is 1.54. The fraction of sp³-hybridized carbons (Fsp3) is 0.571. The number of benzene rings is 1. The van der Waals surface area contributed by atoms with E-state index in [4.69, 9.17) is 4.74 Å². The fourth-order valence-electron chi connectivity index (χ4n) is 4.45. The van der Waals surface area contributed by atoms with Crippen molar-refractivity contribution in [1.29, 1.82) is 0 Å². The monoisotopic (exact) mass is 403 g/mol. The SMILES string of the molecule is COCCN1C(=O)CN(C2CCN(C(=O)C3(c4ccc(F)cc4)CC3)CC2)C1=O. The van der Waals surface area contributed by atoms with Crippen LogP contribution in [-0.2, 0) is 19.7 Å². The Morgan fingerprint density at radius 2 is 1.83 bits per heavy atom. The first-order chi connectivity index (χ1) is 14.0. The molecule has 29 heavy (non-hydrogen) atoms. The molecule has 1 aliphatic carbocycles. The van der Waals surface area contributed by atoms with E-state index in [9.17, 15) is 18.8 Å². The minimum Gasteiger partial charge on any atom is -0.383 e. The van der Waals surface area contributed by atoms with Gasteiger partial charge in [-0.2, -0.15) is 0 Å². The van der Waals surface area contributed by atoms with E-state index in [0.29, 0.717) is 32.5 Å². The van der Waals surface area contributed by atoms with Crippen LogP contribution in [0, 0.1) is 5.82 Å². The second kappa shape index (κ2) is 7.74. The molecule has 0 bridgehead atoms. The number of piperidine rings is 1. The van der Waals surface area contributed by atoms with Crippen LogP contribution in [0.2, 0.25) is 0 Å². The third kappa shape index (κ3) is 3.61. The predicted molar refractivity (Wildman–Crippen MR) is 103 cm³/mol. The van der Waals surface area contributed by atoms with Crippen LogP contribution >= 0.6 is 0 Å². The molecule has 3 aliphatic rings. The van der Waals surface area contributed by atoms with Gasteiger partial charge in [0.25, 0.3) is 0 Å². The highest BCUT2D eigenvalue weighted by atomic mass is 19.1. The predicted octanol–water partition coefficient (Wildman–Crippen LogP) is 1.76. The van der Waals surface area contributed by atoms with Crippen LogP contribution in [0.5, 0.6) is 0 Å². The number of nitrogens with zero attached hydrogens (tertiary/aromatic N) is 3. The first kappa shape index (κ1) is 19.8. The highest BCUT2D eigenvalue weighted by Crippen LogP contribution is 2.50. The molecule has 0 atom stereocenters. The lowest BCUT2D eigenvalue weighted by molar-refractivity contribution is -0.135. The second-order valence-electron chi connectivity index (χ2n) is 8.06. The van der Waals surface area contributed by atoms with Gasteiger partial charge in [-0.25, -0.2) is 9.18 Å². The smallest absolute Gasteiger partial charge is 0.327 e. The molecule has 1 aromatic carbocycles. The van der Waals surface area contributed by atoms with Gasteiger partial charge in [0, 0.05) is 26.2 Å². The van der Waals surface area contributed by atoms with E-state index >= 15 is 0 Å². The normalized spacial score (nSPS) is 21.8. The molecule has 7 nitrogen and oxygen atoms in total. The number of amides is 4. The molecule has 1 saturated carbocycles. The van der Waals surface area contributed by atoms with Gasteiger partial charge in [0.2, 0.25) is 11.8 Å². The first-order valence-corrected chi connectivity index (χ1v) is 10.1. The Morgan fingerprint density at radius 3 is 2.41 bits per heavy atom. The van der Waals surface area contributed by atoms with Crippen molar-refractivity contribution in [3.05, 3.63) is 35.6 Å². The van der Waals surface area contributed by atoms with Crippen LogP contribution in [0.1, 0.15) is 31.2 Å². The number of urea groups is 1. The summed E-state index contributed by atoms with van der Waals surface area (Å²) < 4.78 is 18.2. The van der Waals surface area contributed by atoms with E-state index in [0.717, 1.165) is 18.4 Å². The van der Waals surface area contributed by atoms with Crippen molar-refractivity contribution in [3.63, 3.8) is 0 Å². The Bertz CT molecular complexity index is 801. The number of methoxy groups -OCH3 is 1. The average molecular weight is 403 g/mol. The Morgan fingerprint density at radius 1 is 1.17 bits per heavy atom. The number of imide groups is 1. The highest BCUT2D eigenvalue weighted by molar-refractivity contribution is 6.02. The van der Waals surface area contributed by atoms with Gasteiger partial charge < -0.3 is 14.5 Å². The molecular formula is C21H26FN3O4. The van der Waals surface area contributed by atoms with Crippen molar-refractivity contribution < 1.29 is 23.5 Å². The zero-order chi connectivity index (χ0) is 20.6. The molecule has 8 heteroatoms. The van der Waals surface area contributed by atoms with Crippen molar-refractivity contribution in [2.24, 2.45) is 0 Å². The summed E-state index contributed by atoms with van der Waals surface area (Å²) in [6.45, 7) is 1.80. The molecule has 0 aromatic heterocycles. The van der Waals surface area contributed by atoms with E-state index in [1.807, 2.05) is 4.90 Å². The van der Waals surface area contributed by atoms with Crippen LogP contribution < -0.4 is 0 Å². The van der Waals surface area contributed by atoms with E-state index in [2.05, 4.69) is 0 Å². The summed E-state index contributed by atoms with van der Waals surface area (Å²) in [5.74, 6) is -0.408. The maximum atomic E-state index is 13.2. The molecule has 1 aromatic rings. The first-order valence-electron chi connectivity index (χ1n) is 10.1. The maximum Gasteiger partial charge on any atom is 0.327 e. The highest BCUT2D eigenvalue weighted by Gasteiger charge is 2.53. The summed E-state index contributed by atoms with van der Waals surface area (Å²) in [4.78, 5) is 42.6. The van der Waals surface area contributed by atoms with E-state index in [-0.39, 0.29) is 42.8 Å². The van der Waals surface area contributed by atoms with Crippen molar-refractivity contribution in [3.8, 4) is 0 Å². The van der Waals surface area contributed by atoms with Crippen molar-refractivity contribution in [2.45, 2.75) is 37.1 Å². The van der Waals surface area contributed by atoms with Gasteiger partial charge in [-0.1, -0.05) is 12.1 Å². The molecule has 2 saturated heterocycles. The van der Waals surface area contributed by atoms with Crippen LogP contribution in [-0.4, -0.2) is 78.5 Å². The number of carbonyl (C=O) groups is 3. The van der Waals surface area contributed by atoms with Gasteiger partial charge in [0.1, 0.15) is 12.4 Å². The lowest BCUT2D eigenvalue weighted by Gasteiger charge is -2.37. The third-order valence-corrected chi connectivity index (χ3v) is 6.35. The van der Waals surface area contributed by atoms with E-state index in [1.165, 1.54) is 24.1 Å². The molecule has 0 radical (unpaired) electrons. The number of hydrogen-bond donors (Lipinski definition) is 0. The largest absolute Gasteiger partial charge is 0.383 e. The number of rotatable bonds is 6. The van der Waals surface area contributed by atoms with Gasteiger partial charge >= 0.3 is 6.03 Å². The van der Waals surface area contributed by atoms with E-state index < -0.39 is 5.41 Å². The number of halogens is 1. The minimum absolute atomic E-state index is 0.0379. The van der Waals surface area contributed by atoms with Crippen LogP contribution in [0.25, 0.3) is 0 Å². The zero-order valence-corrected chi connectivity index (χ0v) is 16.6. The molecule has 4 rings (SSSR count). The Labute approximate surface area is 169 Å². The summed E-state index contributed by atoms with van der Waals surface area (Å²) >= 11 is 0. The molecule has 156 valence electrons. The average Bonchev–Trinajstić information content (AvgIpc) is 3.49. The minimum atomic E-state index is -0.517. The van der Waals surface area contributed by atoms with Crippen molar-refractivity contribution >= 4 is 17.8 Å². The molecular weight excluding hydrogens is 377 g/mol. The van der Waals surface area contributed by atoms with Gasteiger partial charge in [-0.05, 0) is 43.4 Å². The quantitative estimate of drug-likeness (QED) is 0.679. The number of hydrogen-bond acceptors (Lipinski definition) is 4. The molecule has 0 unspecified atom stereocenters. The number of ether oxygens (including phenoxy) is 1. The molecule has 4 amide bonds. The zero-order valence-electron chi connectivity index (χ0n) is 16.6. The molecule has 2 aliphatic heterocycles. The van der Waals surface area contributed by atoms with Gasteiger partial charge in [-0.15, -0.1) is 0 Å². The lowest BCUT2D eigenvalue weighted by Crippen LogP contribution is -2.50. The Kier molecular flexibility index (Phi) is 5.29. The number of likely N-dealkylation sites (tertiary alicyclic amines) is 1.